The average molecular weight is 431 g/mol. The standard InChI is InChI=1S/C23H30N2O4S/c1-6-25(7-2)30(27,28)20-12-9-19(10-13-20)11-15-23(26)24-18(4)21-16-17(3)8-14-22(21)29-5/h8-16,18H,6-7H2,1-5H3,(H,24,26)/b15-11+. The maximum absolute atomic E-state index is 12.5. The first-order valence-electron chi connectivity index (χ1n) is 9.96. The molecule has 2 aromatic rings. The molecule has 6 nitrogen and oxygen atoms in total. The van der Waals surface area contributed by atoms with Crippen molar-refractivity contribution in [1.82, 2.24) is 9.62 Å². The smallest absolute Gasteiger partial charge is 0.244 e. The van der Waals surface area contributed by atoms with E-state index < -0.39 is 10.0 Å². The molecule has 0 aliphatic heterocycles. The summed E-state index contributed by atoms with van der Waals surface area (Å²) in [6.45, 7) is 8.35. The van der Waals surface area contributed by atoms with E-state index in [-0.39, 0.29) is 16.8 Å². The van der Waals surface area contributed by atoms with E-state index in [1.165, 1.54) is 10.4 Å². The number of sulfonamides is 1. The van der Waals surface area contributed by atoms with Crippen molar-refractivity contribution in [3.63, 3.8) is 0 Å². The van der Waals surface area contributed by atoms with E-state index in [0.717, 1.165) is 22.4 Å². The summed E-state index contributed by atoms with van der Waals surface area (Å²) in [5.74, 6) is 0.480. The largest absolute Gasteiger partial charge is 0.496 e. The van der Waals surface area contributed by atoms with Crippen molar-refractivity contribution >= 4 is 22.0 Å². The average Bonchev–Trinajstić information content (AvgIpc) is 2.73. The second-order valence-corrected chi connectivity index (χ2v) is 8.91. The molecule has 0 radical (unpaired) electrons. The van der Waals surface area contributed by atoms with Crippen LogP contribution < -0.4 is 10.1 Å². The van der Waals surface area contributed by atoms with Gasteiger partial charge in [0.1, 0.15) is 5.75 Å². The quantitative estimate of drug-likeness (QED) is 0.612. The van der Waals surface area contributed by atoms with Crippen LogP contribution in [-0.4, -0.2) is 38.8 Å². The van der Waals surface area contributed by atoms with Gasteiger partial charge in [-0.3, -0.25) is 4.79 Å². The number of rotatable bonds is 9. The number of hydrogen-bond acceptors (Lipinski definition) is 4. The molecular weight excluding hydrogens is 400 g/mol. The van der Waals surface area contributed by atoms with Gasteiger partial charge in [0, 0.05) is 24.7 Å². The van der Waals surface area contributed by atoms with Gasteiger partial charge in [-0.2, -0.15) is 4.31 Å². The highest BCUT2D eigenvalue weighted by atomic mass is 32.2. The summed E-state index contributed by atoms with van der Waals surface area (Å²) < 4.78 is 31.9. The predicted octanol–water partition coefficient (Wildman–Crippen LogP) is 3.92. The second kappa shape index (κ2) is 10.4. The van der Waals surface area contributed by atoms with Crippen molar-refractivity contribution in [2.75, 3.05) is 20.2 Å². The fourth-order valence-electron chi connectivity index (χ4n) is 3.17. The van der Waals surface area contributed by atoms with Gasteiger partial charge < -0.3 is 10.1 Å². The van der Waals surface area contributed by atoms with Crippen LogP contribution in [0.3, 0.4) is 0 Å². The van der Waals surface area contributed by atoms with Crippen molar-refractivity contribution in [3.05, 3.63) is 65.2 Å². The highest BCUT2D eigenvalue weighted by molar-refractivity contribution is 7.89. The number of amides is 1. The first-order valence-corrected chi connectivity index (χ1v) is 11.4. The summed E-state index contributed by atoms with van der Waals surface area (Å²) in [7, 11) is -1.88. The van der Waals surface area contributed by atoms with Crippen LogP contribution in [0.1, 0.15) is 43.5 Å². The Bertz CT molecular complexity index is 994. The van der Waals surface area contributed by atoms with E-state index in [1.54, 1.807) is 37.5 Å². The van der Waals surface area contributed by atoms with Crippen LogP contribution in [-0.2, 0) is 14.8 Å². The summed E-state index contributed by atoms with van der Waals surface area (Å²) in [6.07, 6.45) is 3.09. The van der Waals surface area contributed by atoms with Crippen molar-refractivity contribution < 1.29 is 17.9 Å². The maximum atomic E-state index is 12.5. The molecule has 0 saturated heterocycles. The van der Waals surface area contributed by atoms with Gasteiger partial charge in [0.2, 0.25) is 15.9 Å². The van der Waals surface area contributed by atoms with Crippen LogP contribution in [0, 0.1) is 6.92 Å². The summed E-state index contributed by atoms with van der Waals surface area (Å²) in [5, 5.41) is 2.93. The van der Waals surface area contributed by atoms with Gasteiger partial charge in [0.15, 0.2) is 0 Å². The highest BCUT2D eigenvalue weighted by Crippen LogP contribution is 2.26. The molecule has 0 heterocycles. The number of nitrogens with one attached hydrogen (secondary N) is 1. The Morgan fingerprint density at radius 3 is 2.33 bits per heavy atom. The molecule has 0 bridgehead atoms. The number of methoxy groups -OCH3 is 1. The van der Waals surface area contributed by atoms with Crippen molar-refractivity contribution in [1.29, 1.82) is 0 Å². The van der Waals surface area contributed by atoms with E-state index in [0.29, 0.717) is 13.1 Å². The summed E-state index contributed by atoms with van der Waals surface area (Å²) in [5.41, 5.74) is 2.73. The molecule has 0 aliphatic carbocycles. The van der Waals surface area contributed by atoms with E-state index in [4.69, 9.17) is 4.74 Å². The molecule has 0 spiro atoms. The lowest BCUT2D eigenvalue weighted by Crippen LogP contribution is -2.30. The number of nitrogens with zero attached hydrogens (tertiary/aromatic N) is 1. The van der Waals surface area contributed by atoms with Crippen molar-refractivity contribution in [2.45, 2.75) is 38.6 Å². The van der Waals surface area contributed by atoms with Crippen LogP contribution in [0.25, 0.3) is 6.08 Å². The Balaban J connectivity index is 2.07. The number of hydrogen-bond donors (Lipinski definition) is 1. The molecule has 1 N–H and O–H groups in total. The second-order valence-electron chi connectivity index (χ2n) is 6.97. The zero-order chi connectivity index (χ0) is 22.3. The van der Waals surface area contributed by atoms with Gasteiger partial charge >= 0.3 is 0 Å². The summed E-state index contributed by atoms with van der Waals surface area (Å²) in [6, 6.07) is 12.1. The lowest BCUT2D eigenvalue weighted by molar-refractivity contribution is -0.117. The van der Waals surface area contributed by atoms with E-state index >= 15 is 0 Å². The normalized spacial score (nSPS) is 12.9. The third-order valence-corrected chi connectivity index (χ3v) is 6.93. The molecule has 1 atom stereocenters. The molecule has 30 heavy (non-hydrogen) atoms. The Labute approximate surface area is 179 Å². The predicted molar refractivity (Wildman–Crippen MR) is 120 cm³/mol. The number of aryl methyl sites for hydroxylation is 1. The van der Waals surface area contributed by atoms with Gasteiger partial charge in [0.25, 0.3) is 0 Å². The number of carbonyl (C=O) groups excluding carboxylic acids is 1. The third-order valence-electron chi connectivity index (χ3n) is 4.86. The molecule has 0 fully saturated rings. The summed E-state index contributed by atoms with van der Waals surface area (Å²) in [4.78, 5) is 12.6. The maximum Gasteiger partial charge on any atom is 0.244 e. The minimum atomic E-state index is -3.49. The Morgan fingerprint density at radius 2 is 1.77 bits per heavy atom. The number of ether oxygens (including phenoxy) is 1. The van der Waals surface area contributed by atoms with Gasteiger partial charge in [-0.15, -0.1) is 0 Å². The Kier molecular flexibility index (Phi) is 8.20. The van der Waals surface area contributed by atoms with Crippen LogP contribution >= 0.6 is 0 Å². The van der Waals surface area contributed by atoms with E-state index in [2.05, 4.69) is 5.32 Å². The molecule has 0 aliphatic rings. The zero-order valence-electron chi connectivity index (χ0n) is 18.2. The Morgan fingerprint density at radius 1 is 1.13 bits per heavy atom. The highest BCUT2D eigenvalue weighted by Gasteiger charge is 2.21. The topological polar surface area (TPSA) is 75.7 Å². The third kappa shape index (κ3) is 5.70. The van der Waals surface area contributed by atoms with Crippen molar-refractivity contribution in [2.24, 2.45) is 0 Å². The van der Waals surface area contributed by atoms with Gasteiger partial charge in [-0.25, -0.2) is 8.42 Å². The summed E-state index contributed by atoms with van der Waals surface area (Å²) >= 11 is 0. The van der Waals surface area contributed by atoms with E-state index in [9.17, 15) is 13.2 Å². The van der Waals surface area contributed by atoms with Gasteiger partial charge in [-0.1, -0.05) is 43.7 Å². The molecule has 0 aromatic heterocycles. The first-order chi connectivity index (χ1) is 14.2. The minimum Gasteiger partial charge on any atom is -0.496 e. The first kappa shape index (κ1) is 23.6. The molecule has 162 valence electrons. The molecule has 7 heteroatoms. The molecule has 2 aromatic carbocycles. The minimum absolute atomic E-state index is 0.224. The fraction of sp³-hybridized carbons (Fsp3) is 0.348. The fourth-order valence-corrected chi connectivity index (χ4v) is 4.62. The monoisotopic (exact) mass is 430 g/mol. The lowest BCUT2D eigenvalue weighted by atomic mass is 10.0. The number of benzene rings is 2. The van der Waals surface area contributed by atoms with Crippen LogP contribution in [0.5, 0.6) is 5.75 Å². The molecule has 1 amide bonds. The van der Waals surface area contributed by atoms with Crippen LogP contribution in [0.2, 0.25) is 0 Å². The number of carbonyl (C=O) groups is 1. The van der Waals surface area contributed by atoms with E-state index in [1.807, 2.05) is 45.9 Å². The van der Waals surface area contributed by atoms with Gasteiger partial charge in [0.05, 0.1) is 18.0 Å². The molecule has 0 saturated carbocycles. The molecule has 2 rings (SSSR count). The van der Waals surface area contributed by atoms with Crippen LogP contribution in [0.4, 0.5) is 0 Å². The lowest BCUT2D eigenvalue weighted by Gasteiger charge is -2.18. The zero-order valence-corrected chi connectivity index (χ0v) is 19.0. The SMILES string of the molecule is CCN(CC)S(=O)(=O)c1ccc(/C=C/C(=O)NC(C)c2cc(C)ccc2OC)cc1. The van der Waals surface area contributed by atoms with Gasteiger partial charge in [-0.05, 0) is 43.7 Å². The Hall–Kier alpha value is -2.64. The molecule has 1 unspecified atom stereocenters. The van der Waals surface area contributed by atoms with Crippen LogP contribution in [0.15, 0.2) is 53.4 Å². The molecular formula is C23H30N2O4S. The van der Waals surface area contributed by atoms with Crippen molar-refractivity contribution in [3.8, 4) is 5.75 Å².